The number of anilines is 1. The molecule has 0 aliphatic carbocycles. The second-order valence-electron chi connectivity index (χ2n) is 4.95. The van der Waals surface area contributed by atoms with Crippen molar-refractivity contribution in [2.75, 3.05) is 18.5 Å². The molecule has 0 N–H and O–H groups in total. The average Bonchev–Trinajstić information content (AvgIpc) is 2.82. The second-order valence-corrected chi connectivity index (χ2v) is 4.95. The van der Waals surface area contributed by atoms with Gasteiger partial charge in [-0.15, -0.1) is 0 Å². The first kappa shape index (κ1) is 13.6. The summed E-state index contributed by atoms with van der Waals surface area (Å²) in [5.41, 5.74) is 4.12. The molecule has 0 unspecified atom stereocenters. The van der Waals surface area contributed by atoms with Crippen molar-refractivity contribution in [3.63, 3.8) is 0 Å². The van der Waals surface area contributed by atoms with Gasteiger partial charge in [-0.2, -0.15) is 5.10 Å². The Balaban J connectivity index is 2.21. The highest BCUT2D eigenvalue weighted by molar-refractivity contribution is 5.59. The van der Waals surface area contributed by atoms with Crippen LogP contribution >= 0.6 is 0 Å². The molecule has 0 aromatic carbocycles. The molecular weight excluding hydrogens is 236 g/mol. The van der Waals surface area contributed by atoms with Crippen LogP contribution in [0.4, 0.5) is 5.69 Å². The first-order chi connectivity index (χ1) is 9.11. The van der Waals surface area contributed by atoms with Crippen molar-refractivity contribution < 1.29 is 0 Å². The molecule has 19 heavy (non-hydrogen) atoms. The number of nitrogens with zero attached hydrogens (tertiary/aromatic N) is 4. The summed E-state index contributed by atoms with van der Waals surface area (Å²) in [4.78, 5) is 6.94. The second kappa shape index (κ2) is 5.87. The van der Waals surface area contributed by atoms with Crippen LogP contribution in [0, 0.1) is 6.92 Å². The Morgan fingerprint density at radius 1 is 1.21 bits per heavy atom. The molecule has 0 saturated carbocycles. The van der Waals surface area contributed by atoms with E-state index in [1.165, 1.54) is 18.5 Å². The van der Waals surface area contributed by atoms with Gasteiger partial charge in [0.05, 0.1) is 17.1 Å². The molecule has 0 atom stereocenters. The SMILES string of the molecule is CCCCN(C)c1ccc(-c2ccn(C)n2)nc1C. The minimum absolute atomic E-state index is 0.924. The molecule has 4 heteroatoms. The molecule has 2 aromatic heterocycles. The van der Waals surface area contributed by atoms with E-state index in [0.717, 1.165) is 23.6 Å². The summed E-state index contributed by atoms with van der Waals surface area (Å²) in [6.07, 6.45) is 4.36. The van der Waals surface area contributed by atoms with Gasteiger partial charge < -0.3 is 4.90 Å². The molecule has 2 rings (SSSR count). The fraction of sp³-hybridized carbons (Fsp3) is 0.467. The zero-order valence-corrected chi connectivity index (χ0v) is 12.2. The fourth-order valence-electron chi connectivity index (χ4n) is 2.17. The molecule has 0 fully saturated rings. The maximum absolute atomic E-state index is 4.67. The first-order valence-electron chi connectivity index (χ1n) is 6.80. The number of pyridine rings is 1. The van der Waals surface area contributed by atoms with Crippen LogP contribution in [0.2, 0.25) is 0 Å². The number of hydrogen-bond acceptors (Lipinski definition) is 3. The molecule has 4 nitrogen and oxygen atoms in total. The van der Waals surface area contributed by atoms with Gasteiger partial charge in [-0.1, -0.05) is 13.3 Å². The highest BCUT2D eigenvalue weighted by Crippen LogP contribution is 2.22. The topological polar surface area (TPSA) is 34.0 Å². The highest BCUT2D eigenvalue weighted by Gasteiger charge is 2.09. The van der Waals surface area contributed by atoms with Crippen LogP contribution < -0.4 is 4.90 Å². The van der Waals surface area contributed by atoms with Crippen molar-refractivity contribution >= 4 is 5.69 Å². The molecule has 0 amide bonds. The van der Waals surface area contributed by atoms with E-state index in [2.05, 4.69) is 41.9 Å². The lowest BCUT2D eigenvalue weighted by Crippen LogP contribution is -2.19. The third-order valence-electron chi connectivity index (χ3n) is 3.29. The predicted octanol–water partition coefficient (Wildman–Crippen LogP) is 3.03. The van der Waals surface area contributed by atoms with E-state index in [1.807, 2.05) is 25.4 Å². The Bertz CT molecular complexity index is 545. The molecule has 0 aliphatic heterocycles. The molecule has 0 saturated heterocycles. The van der Waals surface area contributed by atoms with Crippen molar-refractivity contribution in [2.45, 2.75) is 26.7 Å². The molecule has 0 radical (unpaired) electrons. The zero-order chi connectivity index (χ0) is 13.8. The van der Waals surface area contributed by atoms with Gasteiger partial charge in [-0.25, -0.2) is 4.98 Å². The summed E-state index contributed by atoms with van der Waals surface area (Å²) in [5, 5.41) is 4.39. The van der Waals surface area contributed by atoms with Crippen molar-refractivity contribution in [1.82, 2.24) is 14.8 Å². The van der Waals surface area contributed by atoms with Gasteiger partial charge in [0.25, 0.3) is 0 Å². The molecule has 0 aliphatic rings. The summed E-state index contributed by atoms with van der Waals surface area (Å²) in [7, 11) is 4.05. The number of aryl methyl sites for hydroxylation is 2. The number of rotatable bonds is 5. The maximum Gasteiger partial charge on any atom is 0.111 e. The number of aromatic nitrogens is 3. The Kier molecular flexibility index (Phi) is 4.20. The Labute approximate surface area is 115 Å². The van der Waals surface area contributed by atoms with Gasteiger partial charge in [0, 0.05) is 26.8 Å². The number of hydrogen-bond donors (Lipinski definition) is 0. The normalized spacial score (nSPS) is 10.7. The maximum atomic E-state index is 4.67. The first-order valence-corrected chi connectivity index (χ1v) is 6.80. The van der Waals surface area contributed by atoms with Gasteiger partial charge >= 0.3 is 0 Å². The fourth-order valence-corrected chi connectivity index (χ4v) is 2.17. The van der Waals surface area contributed by atoms with E-state index in [4.69, 9.17) is 0 Å². The molecule has 2 heterocycles. The summed E-state index contributed by atoms with van der Waals surface area (Å²) in [6, 6.07) is 6.18. The van der Waals surface area contributed by atoms with E-state index < -0.39 is 0 Å². The molecule has 0 bridgehead atoms. The van der Waals surface area contributed by atoms with E-state index in [1.54, 1.807) is 4.68 Å². The molecular formula is C15H22N4. The zero-order valence-electron chi connectivity index (χ0n) is 12.2. The summed E-state index contributed by atoms with van der Waals surface area (Å²) in [5.74, 6) is 0. The Morgan fingerprint density at radius 3 is 2.58 bits per heavy atom. The van der Waals surface area contributed by atoms with Crippen molar-refractivity contribution in [3.8, 4) is 11.4 Å². The minimum Gasteiger partial charge on any atom is -0.373 e. The summed E-state index contributed by atoms with van der Waals surface area (Å²) in [6.45, 7) is 5.34. The van der Waals surface area contributed by atoms with Crippen molar-refractivity contribution in [1.29, 1.82) is 0 Å². The molecule has 2 aromatic rings. The quantitative estimate of drug-likeness (QED) is 0.826. The molecule has 102 valence electrons. The average molecular weight is 258 g/mol. The summed E-state index contributed by atoms with van der Waals surface area (Å²) >= 11 is 0. The third kappa shape index (κ3) is 3.13. The van der Waals surface area contributed by atoms with Gasteiger partial charge in [0.1, 0.15) is 5.69 Å². The Morgan fingerprint density at radius 2 is 2.00 bits per heavy atom. The van der Waals surface area contributed by atoms with Gasteiger partial charge in [-0.05, 0) is 31.5 Å². The highest BCUT2D eigenvalue weighted by atomic mass is 15.2. The largest absolute Gasteiger partial charge is 0.373 e. The van der Waals surface area contributed by atoms with Crippen LogP contribution in [0.5, 0.6) is 0 Å². The lowest BCUT2D eigenvalue weighted by Gasteiger charge is -2.20. The minimum atomic E-state index is 0.924. The van der Waals surface area contributed by atoms with Crippen LogP contribution in [0.25, 0.3) is 11.4 Å². The van der Waals surface area contributed by atoms with Crippen molar-refractivity contribution in [3.05, 3.63) is 30.1 Å². The standard InChI is InChI=1S/C15H22N4/c1-5-6-10-18(3)15-8-7-13(16-12(15)2)14-9-11-19(4)17-14/h7-9,11H,5-6,10H2,1-4H3. The number of unbranched alkanes of at least 4 members (excludes halogenated alkanes) is 1. The van der Waals surface area contributed by atoms with Crippen LogP contribution in [-0.4, -0.2) is 28.4 Å². The van der Waals surface area contributed by atoms with E-state index in [0.29, 0.717) is 0 Å². The van der Waals surface area contributed by atoms with E-state index in [-0.39, 0.29) is 0 Å². The van der Waals surface area contributed by atoms with Crippen LogP contribution in [0.1, 0.15) is 25.5 Å². The van der Waals surface area contributed by atoms with Gasteiger partial charge in [0.2, 0.25) is 0 Å². The van der Waals surface area contributed by atoms with Crippen LogP contribution in [0.15, 0.2) is 24.4 Å². The summed E-state index contributed by atoms with van der Waals surface area (Å²) < 4.78 is 1.80. The van der Waals surface area contributed by atoms with E-state index >= 15 is 0 Å². The van der Waals surface area contributed by atoms with Crippen LogP contribution in [0.3, 0.4) is 0 Å². The lowest BCUT2D eigenvalue weighted by molar-refractivity contribution is 0.762. The van der Waals surface area contributed by atoms with Gasteiger partial charge in [0.15, 0.2) is 0 Å². The lowest BCUT2D eigenvalue weighted by atomic mass is 10.2. The van der Waals surface area contributed by atoms with Crippen LogP contribution in [-0.2, 0) is 7.05 Å². The predicted molar refractivity (Wildman–Crippen MR) is 79.4 cm³/mol. The Hall–Kier alpha value is -1.84. The monoisotopic (exact) mass is 258 g/mol. The van der Waals surface area contributed by atoms with Crippen molar-refractivity contribution in [2.24, 2.45) is 7.05 Å². The van der Waals surface area contributed by atoms with Gasteiger partial charge in [-0.3, -0.25) is 4.68 Å². The van der Waals surface area contributed by atoms with E-state index in [9.17, 15) is 0 Å². The molecule has 0 spiro atoms. The smallest absolute Gasteiger partial charge is 0.111 e. The third-order valence-corrected chi connectivity index (χ3v) is 3.29.